The first-order valence-electron chi connectivity index (χ1n) is 9.05. The van der Waals surface area contributed by atoms with E-state index in [4.69, 9.17) is 9.15 Å². The predicted octanol–water partition coefficient (Wildman–Crippen LogP) is 4.54. The number of methoxy groups -OCH3 is 1. The van der Waals surface area contributed by atoms with Gasteiger partial charge in [0.15, 0.2) is 0 Å². The Kier molecular flexibility index (Phi) is 5.30. The van der Waals surface area contributed by atoms with Crippen molar-refractivity contribution in [2.24, 2.45) is 0 Å². The van der Waals surface area contributed by atoms with Crippen molar-refractivity contribution in [3.05, 3.63) is 82.9 Å². The van der Waals surface area contributed by atoms with Crippen LogP contribution in [0.2, 0.25) is 0 Å². The van der Waals surface area contributed by atoms with Crippen molar-refractivity contribution >= 4 is 29.0 Å². The third-order valence-electron chi connectivity index (χ3n) is 4.55. The topological polar surface area (TPSA) is 80.1 Å². The fourth-order valence-corrected chi connectivity index (χ4v) is 3.10. The van der Waals surface area contributed by atoms with E-state index in [1.807, 2.05) is 0 Å². The first-order valence-corrected chi connectivity index (χ1v) is 9.05. The molecule has 4 rings (SSSR count). The van der Waals surface area contributed by atoms with Crippen LogP contribution in [-0.2, 0) is 6.54 Å². The molecular formula is C22H17F2N3O3. The molecule has 6 nitrogen and oxygen atoms in total. The zero-order valence-corrected chi connectivity index (χ0v) is 15.9. The number of ether oxygens (including phenoxy) is 1. The third kappa shape index (κ3) is 3.80. The van der Waals surface area contributed by atoms with Gasteiger partial charge in [-0.2, -0.15) is 5.10 Å². The van der Waals surface area contributed by atoms with Crippen molar-refractivity contribution in [1.29, 1.82) is 0 Å². The van der Waals surface area contributed by atoms with Crippen LogP contribution in [0.5, 0.6) is 5.75 Å². The number of aromatic nitrogens is 2. The number of amides is 1. The summed E-state index contributed by atoms with van der Waals surface area (Å²) >= 11 is 0. The van der Waals surface area contributed by atoms with Crippen LogP contribution in [0.3, 0.4) is 0 Å². The maximum atomic E-state index is 13.9. The Balaban J connectivity index is 1.67. The average molecular weight is 409 g/mol. The fraction of sp³-hybridized carbons (Fsp3) is 0.0909. The Morgan fingerprint density at radius 3 is 2.83 bits per heavy atom. The number of hydrogen-bond donors (Lipinski definition) is 2. The van der Waals surface area contributed by atoms with Crippen LogP contribution in [0.15, 0.2) is 53.1 Å². The molecule has 2 N–H and O–H groups in total. The van der Waals surface area contributed by atoms with Crippen molar-refractivity contribution in [3.8, 4) is 5.75 Å². The quantitative estimate of drug-likeness (QED) is 0.490. The van der Waals surface area contributed by atoms with Gasteiger partial charge in [-0.15, -0.1) is 0 Å². The number of halogens is 2. The second kappa shape index (κ2) is 8.20. The van der Waals surface area contributed by atoms with E-state index in [-0.39, 0.29) is 18.0 Å². The van der Waals surface area contributed by atoms with Crippen LogP contribution in [0.4, 0.5) is 8.78 Å². The van der Waals surface area contributed by atoms with Gasteiger partial charge in [-0.25, -0.2) is 8.78 Å². The summed E-state index contributed by atoms with van der Waals surface area (Å²) in [5.41, 5.74) is 1.62. The van der Waals surface area contributed by atoms with E-state index in [0.717, 1.165) is 6.07 Å². The molecule has 0 saturated carbocycles. The van der Waals surface area contributed by atoms with E-state index in [2.05, 4.69) is 15.5 Å². The number of rotatable bonds is 6. The summed E-state index contributed by atoms with van der Waals surface area (Å²) in [6.07, 6.45) is 4.58. The van der Waals surface area contributed by atoms with E-state index in [1.54, 1.807) is 30.3 Å². The first-order chi connectivity index (χ1) is 14.6. The highest BCUT2D eigenvalue weighted by Crippen LogP contribution is 2.32. The third-order valence-corrected chi connectivity index (χ3v) is 4.55. The van der Waals surface area contributed by atoms with E-state index < -0.39 is 11.6 Å². The second-order valence-corrected chi connectivity index (χ2v) is 6.44. The summed E-state index contributed by atoms with van der Waals surface area (Å²) in [4.78, 5) is 12.7. The zero-order valence-electron chi connectivity index (χ0n) is 15.9. The molecule has 0 spiro atoms. The molecule has 2 aromatic heterocycles. The smallest absolute Gasteiger partial charge is 0.255 e. The SMILES string of the molecule is COc1c(C(=O)NCc2ccco2)ccc2[nH]nc(/C=C/c3ccc(F)cc3F)c12. The van der Waals surface area contributed by atoms with Crippen LogP contribution in [-0.4, -0.2) is 23.2 Å². The molecular weight excluding hydrogens is 392 g/mol. The van der Waals surface area contributed by atoms with E-state index in [9.17, 15) is 13.6 Å². The Bertz CT molecular complexity index is 1230. The summed E-state index contributed by atoms with van der Waals surface area (Å²) in [6, 6.07) is 10.2. The Morgan fingerprint density at radius 1 is 1.23 bits per heavy atom. The molecule has 8 heteroatoms. The molecule has 0 fully saturated rings. The number of hydrogen-bond acceptors (Lipinski definition) is 4. The van der Waals surface area contributed by atoms with Crippen molar-refractivity contribution < 1.29 is 22.7 Å². The van der Waals surface area contributed by atoms with Crippen molar-refractivity contribution in [2.45, 2.75) is 6.54 Å². The van der Waals surface area contributed by atoms with Gasteiger partial charge in [0.25, 0.3) is 5.91 Å². The monoisotopic (exact) mass is 409 g/mol. The number of nitrogens with zero attached hydrogens (tertiary/aromatic N) is 1. The second-order valence-electron chi connectivity index (χ2n) is 6.44. The summed E-state index contributed by atoms with van der Waals surface area (Å²) in [5.74, 6) is -0.724. The van der Waals surface area contributed by atoms with Crippen LogP contribution in [0.25, 0.3) is 23.1 Å². The molecule has 152 valence electrons. The van der Waals surface area contributed by atoms with Gasteiger partial charge in [-0.1, -0.05) is 0 Å². The minimum absolute atomic E-state index is 0.207. The molecule has 4 aromatic rings. The molecule has 0 aliphatic heterocycles. The number of carbonyl (C=O) groups excluding carboxylic acids is 1. The van der Waals surface area contributed by atoms with Gasteiger partial charge >= 0.3 is 0 Å². The maximum Gasteiger partial charge on any atom is 0.255 e. The Morgan fingerprint density at radius 2 is 2.10 bits per heavy atom. The van der Waals surface area contributed by atoms with Gasteiger partial charge in [0.05, 0.1) is 42.1 Å². The van der Waals surface area contributed by atoms with Crippen molar-refractivity contribution in [2.75, 3.05) is 7.11 Å². The molecule has 0 bridgehead atoms. The minimum Gasteiger partial charge on any atom is -0.495 e. The van der Waals surface area contributed by atoms with Gasteiger partial charge in [0.1, 0.15) is 23.1 Å². The van der Waals surface area contributed by atoms with Gasteiger partial charge in [0.2, 0.25) is 0 Å². The molecule has 0 atom stereocenters. The largest absolute Gasteiger partial charge is 0.495 e. The lowest BCUT2D eigenvalue weighted by Gasteiger charge is -2.10. The summed E-state index contributed by atoms with van der Waals surface area (Å²) in [6.45, 7) is 0.231. The lowest BCUT2D eigenvalue weighted by atomic mass is 10.1. The summed E-state index contributed by atoms with van der Waals surface area (Å²) in [5, 5.41) is 10.4. The van der Waals surface area contributed by atoms with Gasteiger partial charge < -0.3 is 14.5 Å². The molecule has 0 aliphatic carbocycles. The number of fused-ring (bicyclic) bond motifs is 1. The molecule has 0 radical (unpaired) electrons. The van der Waals surface area contributed by atoms with E-state index in [1.165, 1.54) is 31.6 Å². The fourth-order valence-electron chi connectivity index (χ4n) is 3.10. The number of benzene rings is 2. The lowest BCUT2D eigenvalue weighted by molar-refractivity contribution is 0.0945. The van der Waals surface area contributed by atoms with Gasteiger partial charge in [0, 0.05) is 11.6 Å². The van der Waals surface area contributed by atoms with Crippen LogP contribution < -0.4 is 10.1 Å². The molecule has 0 aliphatic rings. The van der Waals surface area contributed by atoms with Gasteiger partial charge in [-0.05, 0) is 48.6 Å². The normalized spacial score (nSPS) is 11.3. The van der Waals surface area contributed by atoms with Crippen LogP contribution in [0.1, 0.15) is 27.4 Å². The molecule has 0 saturated heterocycles. The zero-order chi connectivity index (χ0) is 21.1. The summed E-state index contributed by atoms with van der Waals surface area (Å²) in [7, 11) is 1.46. The molecule has 2 aromatic carbocycles. The highest BCUT2D eigenvalue weighted by Gasteiger charge is 2.19. The van der Waals surface area contributed by atoms with Gasteiger partial charge in [-0.3, -0.25) is 9.89 Å². The number of aromatic amines is 1. The number of H-pyrrole nitrogens is 1. The highest BCUT2D eigenvalue weighted by molar-refractivity contribution is 6.05. The van der Waals surface area contributed by atoms with Crippen molar-refractivity contribution in [1.82, 2.24) is 15.5 Å². The number of furan rings is 1. The minimum atomic E-state index is -0.684. The van der Waals surface area contributed by atoms with E-state index in [0.29, 0.717) is 33.7 Å². The average Bonchev–Trinajstić information content (AvgIpc) is 3.40. The van der Waals surface area contributed by atoms with Crippen LogP contribution in [0, 0.1) is 11.6 Å². The Hall–Kier alpha value is -3.94. The summed E-state index contributed by atoms with van der Waals surface area (Å²) < 4.78 is 37.7. The predicted molar refractivity (Wildman–Crippen MR) is 108 cm³/mol. The number of carbonyl (C=O) groups is 1. The molecule has 30 heavy (non-hydrogen) atoms. The highest BCUT2D eigenvalue weighted by atomic mass is 19.1. The number of nitrogens with one attached hydrogen (secondary N) is 2. The standard InChI is InChI=1S/C22H17F2N3O3/c1-29-21-16(22(28)25-12-15-3-2-10-30-15)7-9-19-20(21)18(26-27-19)8-5-13-4-6-14(23)11-17(13)24/h2-11H,12H2,1H3,(H,25,28)(H,26,27)/b8-5+. The Labute approximate surface area is 170 Å². The molecule has 0 unspecified atom stereocenters. The van der Waals surface area contributed by atoms with E-state index >= 15 is 0 Å². The molecule has 1 amide bonds. The maximum absolute atomic E-state index is 13.9. The first kappa shape index (κ1) is 19.4. The van der Waals surface area contributed by atoms with Crippen molar-refractivity contribution in [3.63, 3.8) is 0 Å². The molecule has 2 heterocycles. The lowest BCUT2D eigenvalue weighted by Crippen LogP contribution is -2.23. The van der Waals surface area contributed by atoms with Crippen LogP contribution >= 0.6 is 0 Å².